The Morgan fingerprint density at radius 2 is 2.20 bits per heavy atom. The molecule has 1 aromatic heterocycles. The van der Waals surface area contributed by atoms with Gasteiger partial charge >= 0.3 is 0 Å². The summed E-state index contributed by atoms with van der Waals surface area (Å²) in [6, 6.07) is 8.77. The molecule has 0 unspecified atom stereocenters. The summed E-state index contributed by atoms with van der Waals surface area (Å²) in [4.78, 5) is 18.0. The molecule has 0 aliphatic rings. The van der Waals surface area contributed by atoms with Crippen LogP contribution in [0.25, 0.3) is 0 Å². The smallest absolute Gasteiger partial charge is 0.254 e. The molecule has 1 aromatic carbocycles. The number of nitrogens with zero attached hydrogens (tertiary/aromatic N) is 2. The van der Waals surface area contributed by atoms with E-state index >= 15 is 0 Å². The van der Waals surface area contributed by atoms with Gasteiger partial charge in [-0.2, -0.15) is 0 Å². The van der Waals surface area contributed by atoms with Gasteiger partial charge in [0.2, 0.25) is 0 Å². The van der Waals surface area contributed by atoms with Crippen LogP contribution < -0.4 is 10.5 Å². The van der Waals surface area contributed by atoms with E-state index in [4.69, 9.17) is 10.5 Å². The van der Waals surface area contributed by atoms with E-state index in [9.17, 15) is 4.79 Å². The van der Waals surface area contributed by atoms with Crippen molar-refractivity contribution in [1.82, 2.24) is 9.88 Å². The number of rotatable bonds is 4. The number of aromatic nitrogens is 1. The Balaban J connectivity index is 2.16. The molecule has 5 heteroatoms. The highest BCUT2D eigenvalue weighted by molar-refractivity contribution is 5.95. The highest BCUT2D eigenvalue weighted by Gasteiger charge is 2.13. The normalized spacial score (nSPS) is 10.1. The second kappa shape index (κ2) is 6.06. The maximum atomic E-state index is 12.4. The van der Waals surface area contributed by atoms with Crippen molar-refractivity contribution in [2.24, 2.45) is 0 Å². The molecule has 0 atom stereocenters. The minimum absolute atomic E-state index is 0.112. The van der Waals surface area contributed by atoms with Gasteiger partial charge in [0.05, 0.1) is 7.11 Å². The Morgan fingerprint density at radius 1 is 1.40 bits per heavy atom. The third-order valence-electron chi connectivity index (χ3n) is 2.90. The lowest BCUT2D eigenvalue weighted by atomic mass is 10.1. The van der Waals surface area contributed by atoms with Crippen molar-refractivity contribution in [2.75, 3.05) is 19.9 Å². The Labute approximate surface area is 118 Å². The molecule has 0 radical (unpaired) electrons. The van der Waals surface area contributed by atoms with Crippen molar-refractivity contribution in [1.29, 1.82) is 0 Å². The number of hydrogen-bond donors (Lipinski definition) is 1. The Bertz CT molecular complexity index is 599. The van der Waals surface area contributed by atoms with Gasteiger partial charge in [0, 0.05) is 43.3 Å². The summed E-state index contributed by atoms with van der Waals surface area (Å²) < 4.78 is 5.12. The van der Waals surface area contributed by atoms with Crippen LogP contribution in [0, 0.1) is 0 Å². The number of nitrogens with two attached hydrogens (primary N) is 1. The van der Waals surface area contributed by atoms with E-state index in [0.717, 1.165) is 5.56 Å². The average molecular weight is 271 g/mol. The minimum Gasteiger partial charge on any atom is -0.497 e. The van der Waals surface area contributed by atoms with Gasteiger partial charge in [-0.25, -0.2) is 0 Å². The fourth-order valence-electron chi connectivity index (χ4n) is 1.92. The van der Waals surface area contributed by atoms with Gasteiger partial charge in [-0.3, -0.25) is 9.78 Å². The third kappa shape index (κ3) is 3.26. The predicted octanol–water partition coefficient (Wildman–Crippen LogP) is 1.94. The summed E-state index contributed by atoms with van der Waals surface area (Å²) in [5.41, 5.74) is 7.75. The van der Waals surface area contributed by atoms with Crippen LogP contribution in [0.3, 0.4) is 0 Å². The number of hydrogen-bond acceptors (Lipinski definition) is 4. The quantitative estimate of drug-likeness (QED) is 0.863. The SMILES string of the molecule is COc1cc(N)cc(C(=O)N(C)Cc2cccnc2)c1. The molecule has 0 bridgehead atoms. The van der Waals surface area contributed by atoms with Crippen LogP contribution in [-0.4, -0.2) is 29.9 Å². The standard InChI is InChI=1S/C15H17N3O2/c1-18(10-11-4-3-5-17-9-11)15(19)12-6-13(16)8-14(7-12)20-2/h3-9H,10,16H2,1-2H3. The first kappa shape index (κ1) is 13.9. The molecule has 104 valence electrons. The zero-order valence-corrected chi connectivity index (χ0v) is 11.5. The first-order valence-electron chi connectivity index (χ1n) is 6.19. The van der Waals surface area contributed by atoms with Gasteiger partial charge in [0.1, 0.15) is 5.75 Å². The number of carbonyl (C=O) groups is 1. The van der Waals surface area contributed by atoms with Gasteiger partial charge in [-0.05, 0) is 23.8 Å². The molecule has 0 spiro atoms. The Morgan fingerprint density at radius 3 is 2.85 bits per heavy atom. The predicted molar refractivity (Wildman–Crippen MR) is 77.4 cm³/mol. The van der Waals surface area contributed by atoms with E-state index in [0.29, 0.717) is 23.5 Å². The molecule has 0 aliphatic heterocycles. The minimum atomic E-state index is -0.112. The van der Waals surface area contributed by atoms with Crippen LogP contribution in [-0.2, 0) is 6.54 Å². The van der Waals surface area contributed by atoms with E-state index < -0.39 is 0 Å². The summed E-state index contributed by atoms with van der Waals surface area (Å²) in [7, 11) is 3.29. The van der Waals surface area contributed by atoms with E-state index in [-0.39, 0.29) is 5.91 Å². The molecule has 1 heterocycles. The maximum absolute atomic E-state index is 12.4. The number of amides is 1. The highest BCUT2D eigenvalue weighted by Crippen LogP contribution is 2.20. The van der Waals surface area contributed by atoms with Gasteiger partial charge in [-0.15, -0.1) is 0 Å². The number of carbonyl (C=O) groups excluding carboxylic acids is 1. The fraction of sp³-hybridized carbons (Fsp3) is 0.200. The van der Waals surface area contributed by atoms with Crippen LogP contribution >= 0.6 is 0 Å². The third-order valence-corrected chi connectivity index (χ3v) is 2.90. The van der Waals surface area contributed by atoms with Crippen LogP contribution in [0.5, 0.6) is 5.75 Å². The van der Waals surface area contributed by atoms with E-state index in [1.54, 1.807) is 49.7 Å². The van der Waals surface area contributed by atoms with Gasteiger partial charge in [-0.1, -0.05) is 6.07 Å². The summed E-state index contributed by atoms with van der Waals surface area (Å²) in [5.74, 6) is 0.461. The molecular formula is C15H17N3O2. The number of nitrogen functional groups attached to an aromatic ring is 1. The fourth-order valence-corrected chi connectivity index (χ4v) is 1.92. The van der Waals surface area contributed by atoms with Crippen molar-refractivity contribution >= 4 is 11.6 Å². The molecule has 2 aromatic rings. The first-order valence-corrected chi connectivity index (χ1v) is 6.19. The lowest BCUT2D eigenvalue weighted by molar-refractivity contribution is 0.0784. The summed E-state index contributed by atoms with van der Waals surface area (Å²) in [5, 5.41) is 0. The van der Waals surface area contributed by atoms with Gasteiger partial charge in [0.15, 0.2) is 0 Å². The number of benzene rings is 1. The molecule has 20 heavy (non-hydrogen) atoms. The largest absolute Gasteiger partial charge is 0.497 e. The molecule has 2 rings (SSSR count). The van der Waals surface area contributed by atoms with E-state index in [1.165, 1.54) is 0 Å². The number of methoxy groups -OCH3 is 1. The topological polar surface area (TPSA) is 68.5 Å². The summed E-state index contributed by atoms with van der Waals surface area (Å²) in [6.45, 7) is 0.490. The highest BCUT2D eigenvalue weighted by atomic mass is 16.5. The van der Waals surface area contributed by atoms with Crippen LogP contribution in [0.1, 0.15) is 15.9 Å². The average Bonchev–Trinajstić information content (AvgIpc) is 2.46. The zero-order valence-electron chi connectivity index (χ0n) is 11.5. The van der Waals surface area contributed by atoms with Crippen molar-refractivity contribution in [3.63, 3.8) is 0 Å². The molecule has 0 fully saturated rings. The van der Waals surface area contributed by atoms with E-state index in [1.807, 2.05) is 12.1 Å². The second-order valence-corrected chi connectivity index (χ2v) is 4.52. The molecule has 0 saturated heterocycles. The lowest BCUT2D eigenvalue weighted by Crippen LogP contribution is -2.26. The Hall–Kier alpha value is -2.56. The molecule has 2 N–H and O–H groups in total. The van der Waals surface area contributed by atoms with Gasteiger partial charge in [0.25, 0.3) is 5.91 Å². The summed E-state index contributed by atoms with van der Waals surface area (Å²) in [6.07, 6.45) is 3.44. The monoisotopic (exact) mass is 271 g/mol. The number of pyridine rings is 1. The van der Waals surface area contributed by atoms with Crippen LogP contribution in [0.4, 0.5) is 5.69 Å². The molecule has 0 aliphatic carbocycles. The second-order valence-electron chi connectivity index (χ2n) is 4.52. The lowest BCUT2D eigenvalue weighted by Gasteiger charge is -2.17. The summed E-state index contributed by atoms with van der Waals surface area (Å²) >= 11 is 0. The van der Waals surface area contributed by atoms with Crippen molar-refractivity contribution in [3.8, 4) is 5.75 Å². The van der Waals surface area contributed by atoms with Gasteiger partial charge < -0.3 is 15.4 Å². The van der Waals surface area contributed by atoms with Crippen LogP contribution in [0.2, 0.25) is 0 Å². The molecule has 1 amide bonds. The zero-order chi connectivity index (χ0) is 14.5. The molecule has 5 nitrogen and oxygen atoms in total. The van der Waals surface area contributed by atoms with Crippen molar-refractivity contribution in [3.05, 3.63) is 53.9 Å². The van der Waals surface area contributed by atoms with Crippen LogP contribution in [0.15, 0.2) is 42.7 Å². The van der Waals surface area contributed by atoms with E-state index in [2.05, 4.69) is 4.98 Å². The first-order chi connectivity index (χ1) is 9.60. The molecule has 0 saturated carbocycles. The molecular weight excluding hydrogens is 254 g/mol. The van der Waals surface area contributed by atoms with Crippen molar-refractivity contribution in [2.45, 2.75) is 6.54 Å². The number of anilines is 1. The number of ether oxygens (including phenoxy) is 1. The maximum Gasteiger partial charge on any atom is 0.254 e. The van der Waals surface area contributed by atoms with Crippen molar-refractivity contribution < 1.29 is 9.53 Å². The Kier molecular flexibility index (Phi) is 4.20.